The average Bonchev–Trinajstić information content (AvgIpc) is 3.53. The number of carbonyl (C=O) groups is 2. The third-order valence-corrected chi connectivity index (χ3v) is 7.26. The summed E-state index contributed by atoms with van der Waals surface area (Å²) in [6.07, 6.45) is 1.29. The van der Waals surface area contributed by atoms with Crippen LogP contribution in [0.3, 0.4) is 0 Å². The van der Waals surface area contributed by atoms with Gasteiger partial charge in [0.2, 0.25) is 0 Å². The maximum absolute atomic E-state index is 12.4. The fourth-order valence-electron chi connectivity index (χ4n) is 4.79. The third kappa shape index (κ3) is 5.71. The summed E-state index contributed by atoms with van der Waals surface area (Å²) in [6.45, 7) is 7.21. The molecular formula is C30H34O9. The second-order valence-electron chi connectivity index (χ2n) is 9.49. The Bertz CT molecular complexity index is 1300. The molecule has 0 amide bonds. The first-order valence-corrected chi connectivity index (χ1v) is 12.7. The lowest BCUT2D eigenvalue weighted by Gasteiger charge is -2.21. The van der Waals surface area contributed by atoms with Gasteiger partial charge in [-0.15, -0.1) is 0 Å². The molecule has 39 heavy (non-hydrogen) atoms. The lowest BCUT2D eigenvalue weighted by Crippen LogP contribution is -2.22. The van der Waals surface area contributed by atoms with Crippen LogP contribution in [0.2, 0.25) is 0 Å². The largest absolute Gasteiger partial charge is 0.493 e. The van der Waals surface area contributed by atoms with Crippen molar-refractivity contribution in [1.82, 2.24) is 0 Å². The highest BCUT2D eigenvalue weighted by molar-refractivity contribution is 5.90. The predicted octanol–water partition coefficient (Wildman–Crippen LogP) is 4.84. The number of allylic oxidation sites excluding steroid dienone is 2. The van der Waals surface area contributed by atoms with Crippen molar-refractivity contribution in [3.05, 3.63) is 70.8 Å². The molecule has 0 aliphatic carbocycles. The lowest BCUT2D eigenvalue weighted by atomic mass is 9.84. The van der Waals surface area contributed by atoms with Gasteiger partial charge in [0.05, 0.1) is 33.0 Å². The first kappa shape index (κ1) is 28.4. The van der Waals surface area contributed by atoms with Crippen LogP contribution in [0.15, 0.2) is 59.7 Å². The molecule has 5 atom stereocenters. The van der Waals surface area contributed by atoms with Crippen molar-refractivity contribution < 1.29 is 43.1 Å². The first-order chi connectivity index (χ1) is 18.7. The van der Waals surface area contributed by atoms with E-state index in [4.69, 9.17) is 28.4 Å². The molecule has 9 nitrogen and oxygen atoms in total. The second-order valence-corrected chi connectivity index (χ2v) is 9.49. The molecule has 2 fully saturated rings. The van der Waals surface area contributed by atoms with E-state index in [-0.39, 0.29) is 23.3 Å². The minimum Gasteiger partial charge on any atom is -0.493 e. The van der Waals surface area contributed by atoms with Crippen LogP contribution in [0.25, 0.3) is 0 Å². The van der Waals surface area contributed by atoms with E-state index < -0.39 is 30.4 Å². The van der Waals surface area contributed by atoms with Crippen molar-refractivity contribution in [2.24, 2.45) is 11.8 Å². The molecule has 0 bridgehead atoms. The molecule has 2 aliphatic rings. The zero-order valence-corrected chi connectivity index (χ0v) is 22.9. The Morgan fingerprint density at radius 3 is 1.95 bits per heavy atom. The number of esters is 2. The lowest BCUT2D eigenvalue weighted by molar-refractivity contribution is -0.134. The predicted molar refractivity (Wildman–Crippen MR) is 142 cm³/mol. The Kier molecular flexibility index (Phi) is 8.74. The molecule has 2 aliphatic heterocycles. The van der Waals surface area contributed by atoms with Gasteiger partial charge in [-0.3, -0.25) is 0 Å². The molecule has 2 aromatic carbocycles. The molecule has 0 spiro atoms. The molecule has 2 saturated heterocycles. The number of aliphatic hydroxyl groups is 1. The van der Waals surface area contributed by atoms with Gasteiger partial charge in [-0.05, 0) is 63.1 Å². The highest BCUT2D eigenvalue weighted by Gasteiger charge is 2.53. The molecule has 208 valence electrons. The molecule has 0 radical (unpaired) electrons. The van der Waals surface area contributed by atoms with Gasteiger partial charge in [0.25, 0.3) is 0 Å². The van der Waals surface area contributed by atoms with Gasteiger partial charge in [-0.1, -0.05) is 24.3 Å². The summed E-state index contributed by atoms with van der Waals surface area (Å²) in [4.78, 5) is 24.6. The highest BCUT2D eigenvalue weighted by Crippen LogP contribution is 2.53. The molecule has 0 unspecified atom stereocenters. The minimum atomic E-state index is -1.09. The first-order valence-electron chi connectivity index (χ1n) is 12.7. The number of benzene rings is 2. The Hall–Kier alpha value is -3.66. The van der Waals surface area contributed by atoms with Gasteiger partial charge < -0.3 is 33.5 Å². The van der Waals surface area contributed by atoms with E-state index in [0.717, 1.165) is 11.1 Å². The number of aliphatic hydroxyl groups excluding tert-OH is 1. The van der Waals surface area contributed by atoms with Gasteiger partial charge >= 0.3 is 11.9 Å². The zero-order valence-electron chi connectivity index (χ0n) is 22.9. The van der Waals surface area contributed by atoms with E-state index in [2.05, 4.69) is 0 Å². The standard InChI is InChI=1S/C30H34O9/c1-7-16(3)28(31)37-22-12-10-18(13-23(22)35-6)26-20-15-36-27(25(20)30(33)39-26)19-9-11-21(34-5)24(14-19)38-29(32)17(4)8-2/h7-14,20,25-27,30,33H,15H2,1-6H3/t20-,25-,26+,27+,30+/m0/s1. The number of hydrogen-bond donors (Lipinski definition) is 1. The van der Waals surface area contributed by atoms with Crippen molar-refractivity contribution in [3.8, 4) is 23.0 Å². The number of rotatable bonds is 8. The van der Waals surface area contributed by atoms with E-state index in [9.17, 15) is 14.7 Å². The second kappa shape index (κ2) is 12.0. The summed E-state index contributed by atoms with van der Waals surface area (Å²) in [7, 11) is 2.99. The van der Waals surface area contributed by atoms with Gasteiger partial charge in [-0.2, -0.15) is 0 Å². The Balaban J connectivity index is 1.57. The van der Waals surface area contributed by atoms with E-state index in [1.54, 1.807) is 70.2 Å². The zero-order chi connectivity index (χ0) is 28.3. The van der Waals surface area contributed by atoms with Crippen LogP contribution in [-0.2, 0) is 19.1 Å². The normalized spacial score (nSPS) is 24.7. The van der Waals surface area contributed by atoms with Gasteiger partial charge in [-0.25, -0.2) is 9.59 Å². The molecule has 1 N–H and O–H groups in total. The Morgan fingerprint density at radius 2 is 1.36 bits per heavy atom. The van der Waals surface area contributed by atoms with Gasteiger partial charge in [0, 0.05) is 23.0 Å². The molecule has 0 saturated carbocycles. The van der Waals surface area contributed by atoms with Crippen LogP contribution < -0.4 is 18.9 Å². The van der Waals surface area contributed by atoms with Crippen molar-refractivity contribution in [2.45, 2.75) is 46.2 Å². The fourth-order valence-corrected chi connectivity index (χ4v) is 4.79. The van der Waals surface area contributed by atoms with Crippen LogP contribution in [0, 0.1) is 11.8 Å². The van der Waals surface area contributed by atoms with Crippen molar-refractivity contribution >= 4 is 11.9 Å². The monoisotopic (exact) mass is 538 g/mol. The fraction of sp³-hybridized carbons (Fsp3) is 0.400. The van der Waals surface area contributed by atoms with Crippen LogP contribution in [0.4, 0.5) is 0 Å². The minimum absolute atomic E-state index is 0.160. The number of carbonyl (C=O) groups excluding carboxylic acids is 2. The number of methoxy groups -OCH3 is 2. The summed E-state index contributed by atoms with van der Waals surface area (Å²) in [5.74, 6) is -0.140. The quantitative estimate of drug-likeness (QED) is 0.287. The topological polar surface area (TPSA) is 110 Å². The van der Waals surface area contributed by atoms with Crippen LogP contribution in [0.5, 0.6) is 23.0 Å². The summed E-state index contributed by atoms with van der Waals surface area (Å²) in [5.41, 5.74) is 2.44. The Labute approximate surface area is 227 Å². The van der Waals surface area contributed by atoms with Crippen molar-refractivity contribution in [3.63, 3.8) is 0 Å². The maximum Gasteiger partial charge on any atom is 0.338 e. The molecule has 4 rings (SSSR count). The molecule has 9 heteroatoms. The van der Waals surface area contributed by atoms with E-state index in [0.29, 0.717) is 29.3 Å². The number of ether oxygens (including phenoxy) is 6. The van der Waals surface area contributed by atoms with E-state index in [1.807, 2.05) is 6.07 Å². The van der Waals surface area contributed by atoms with Crippen LogP contribution in [0.1, 0.15) is 51.0 Å². The van der Waals surface area contributed by atoms with Crippen LogP contribution in [-0.4, -0.2) is 44.2 Å². The molecular weight excluding hydrogens is 504 g/mol. The highest BCUT2D eigenvalue weighted by atomic mass is 16.6. The summed E-state index contributed by atoms with van der Waals surface area (Å²) in [5, 5.41) is 10.9. The van der Waals surface area contributed by atoms with Gasteiger partial charge in [0.1, 0.15) is 0 Å². The summed E-state index contributed by atoms with van der Waals surface area (Å²) in [6, 6.07) is 10.4. The third-order valence-electron chi connectivity index (χ3n) is 7.26. The molecule has 2 heterocycles. The SMILES string of the molecule is CC=C(C)C(=O)Oc1ccc([C@H]2O[C@@H](O)[C@H]3[C@@H]2CO[C@@H]3c2ccc(OC)c(OC(=O)C(C)=CC)c2)cc1OC. The summed E-state index contributed by atoms with van der Waals surface area (Å²) < 4.78 is 34.1. The van der Waals surface area contributed by atoms with E-state index in [1.165, 1.54) is 14.2 Å². The van der Waals surface area contributed by atoms with Crippen molar-refractivity contribution in [1.29, 1.82) is 0 Å². The Morgan fingerprint density at radius 1 is 0.821 bits per heavy atom. The number of fused-ring (bicyclic) bond motifs is 1. The average molecular weight is 539 g/mol. The van der Waals surface area contributed by atoms with Crippen molar-refractivity contribution in [2.75, 3.05) is 20.8 Å². The van der Waals surface area contributed by atoms with Gasteiger partial charge in [0.15, 0.2) is 29.3 Å². The smallest absolute Gasteiger partial charge is 0.338 e. The number of hydrogen-bond acceptors (Lipinski definition) is 9. The molecule has 0 aromatic heterocycles. The molecule has 2 aromatic rings. The maximum atomic E-state index is 12.4. The summed E-state index contributed by atoms with van der Waals surface area (Å²) >= 11 is 0. The van der Waals surface area contributed by atoms with Crippen LogP contribution >= 0.6 is 0 Å². The van der Waals surface area contributed by atoms with E-state index >= 15 is 0 Å².